The Kier molecular flexibility index (Phi) is 14.1. The summed E-state index contributed by atoms with van der Waals surface area (Å²) in [4.78, 5) is 114. The molecule has 1 aromatic rings. The van der Waals surface area contributed by atoms with Crippen molar-refractivity contribution in [2.24, 2.45) is 38.1 Å². The Hall–Kier alpha value is -6.09. The second-order valence-corrected chi connectivity index (χ2v) is 17.8. The van der Waals surface area contributed by atoms with E-state index in [0.717, 1.165) is 0 Å². The first-order valence-electron chi connectivity index (χ1n) is 20.7. The first kappa shape index (κ1) is 49.9. The summed E-state index contributed by atoms with van der Waals surface area (Å²) in [7, 11) is 0. The van der Waals surface area contributed by atoms with Crippen molar-refractivity contribution in [3.8, 4) is 0 Å². The number of rotatable bonds is 18. The summed E-state index contributed by atoms with van der Waals surface area (Å²) in [5.74, 6) is -13.7. The van der Waals surface area contributed by atoms with Crippen LogP contribution >= 0.6 is 0 Å². The van der Waals surface area contributed by atoms with E-state index in [1.807, 2.05) is 0 Å². The topological polar surface area (TPSA) is 360 Å². The van der Waals surface area contributed by atoms with Crippen molar-refractivity contribution in [1.82, 2.24) is 4.98 Å². The molecule has 5 aliphatic heterocycles. The number of hydrogen-bond acceptors (Lipinski definition) is 18. The number of aliphatic carboxylic acids is 7. The van der Waals surface area contributed by atoms with Crippen LogP contribution in [0, 0.1) is 28.1 Å². The van der Waals surface area contributed by atoms with Crippen LogP contribution in [0.25, 0.3) is 11.4 Å². The number of allylic oxidation sites excluding steroid dienone is 3. The van der Waals surface area contributed by atoms with Gasteiger partial charge in [0.25, 0.3) is 0 Å². The van der Waals surface area contributed by atoms with Gasteiger partial charge in [0.2, 0.25) is 0 Å². The molecule has 2 unspecified atom stereocenters. The maximum Gasteiger partial charge on any atom is 0.306 e. The molecule has 5 aliphatic rings. The van der Waals surface area contributed by atoms with Crippen LogP contribution in [0.3, 0.4) is 0 Å². The van der Waals surface area contributed by atoms with Crippen molar-refractivity contribution in [3.63, 3.8) is 0 Å². The summed E-state index contributed by atoms with van der Waals surface area (Å²) in [5, 5.41) is 91.0. The van der Waals surface area contributed by atoms with E-state index in [4.69, 9.17) is 25.0 Å². The molecule has 353 valence electrons. The summed E-state index contributed by atoms with van der Waals surface area (Å²) in [6.07, 6.45) is -5.64. The largest absolute Gasteiger partial charge is 0.674 e. The van der Waals surface area contributed by atoms with Crippen molar-refractivity contribution in [1.29, 1.82) is 0 Å². The van der Waals surface area contributed by atoms with Gasteiger partial charge in [-0.05, 0) is 93.6 Å². The fourth-order valence-electron chi connectivity index (χ4n) is 10.8. The van der Waals surface area contributed by atoms with E-state index >= 15 is 0 Å². The number of cyclic esters (lactones) is 1. The molecular weight excluding hydrogens is 899 g/mol. The van der Waals surface area contributed by atoms with Gasteiger partial charge in [-0.15, -0.1) is 5.69 Å². The Labute approximate surface area is 382 Å². The third kappa shape index (κ3) is 9.12. The molecule has 65 heavy (non-hydrogen) atoms. The van der Waals surface area contributed by atoms with E-state index in [0.29, 0.717) is 0 Å². The van der Waals surface area contributed by atoms with Crippen molar-refractivity contribution < 1.29 is 95.6 Å². The number of ether oxygens (including phenoxy) is 1. The van der Waals surface area contributed by atoms with E-state index in [1.54, 1.807) is 6.92 Å². The molecule has 21 heteroatoms. The number of aliphatic imine (C=N–C) groups is 2. The van der Waals surface area contributed by atoms with Crippen LogP contribution < -0.4 is 40.7 Å². The molecule has 0 N–H and O–H groups in total. The van der Waals surface area contributed by atoms with Crippen molar-refractivity contribution >= 4 is 65.3 Å². The van der Waals surface area contributed by atoms with Crippen LogP contribution in [0.5, 0.6) is 0 Å². The smallest absolute Gasteiger partial charge is 0.306 e. The Morgan fingerprint density at radius 3 is 1.92 bits per heavy atom. The Bertz CT molecular complexity index is 2410. The number of carboxylic acids is 7. The minimum absolute atomic E-state index is 0. The summed E-state index contributed by atoms with van der Waals surface area (Å²) < 4.78 is 5.87. The predicted octanol–water partition coefficient (Wildman–Crippen LogP) is -4.86. The van der Waals surface area contributed by atoms with Crippen LogP contribution in [0.1, 0.15) is 114 Å². The van der Waals surface area contributed by atoms with Gasteiger partial charge < -0.3 is 84.3 Å². The van der Waals surface area contributed by atoms with E-state index in [-0.39, 0.29) is 99.1 Å². The Balaban J connectivity index is 0.00000793. The molecule has 0 aromatic carbocycles. The van der Waals surface area contributed by atoms with Gasteiger partial charge >= 0.3 is 5.97 Å². The molecule has 0 aliphatic carbocycles. The number of carboxylic acid groups (broad SMARTS) is 7. The maximum absolute atomic E-state index is 13.6. The number of nitrogens with zero attached hydrogens (tertiary/aromatic N) is 4. The summed E-state index contributed by atoms with van der Waals surface area (Å²) >= 11 is 0. The molecule has 0 amide bonds. The number of aromatic nitrogens is 1. The molecule has 1 radical (unpaired) electrons. The molecule has 8 bridgehead atoms. The zero-order valence-corrected chi connectivity index (χ0v) is 36.8. The third-order valence-corrected chi connectivity index (χ3v) is 13.9. The number of fused-ring (bicyclic) bond motifs is 5. The molecule has 20 nitrogen and oxygen atoms in total. The third-order valence-electron chi connectivity index (χ3n) is 13.9. The van der Waals surface area contributed by atoms with Crippen LogP contribution in [0.4, 0.5) is 0 Å². The molecule has 6 rings (SSSR count). The minimum Gasteiger partial charge on any atom is -0.674 e. The fourth-order valence-corrected chi connectivity index (χ4v) is 10.8. The van der Waals surface area contributed by atoms with Crippen molar-refractivity contribution in [2.75, 3.05) is 0 Å². The van der Waals surface area contributed by atoms with Gasteiger partial charge in [0, 0.05) is 111 Å². The minimum atomic E-state index is -1.89. The van der Waals surface area contributed by atoms with Gasteiger partial charge in [0.1, 0.15) is 0 Å². The molecule has 1 aromatic heterocycles. The molecule has 2 fully saturated rings. The van der Waals surface area contributed by atoms with E-state index < -0.39 is 145 Å². The Morgan fingerprint density at radius 2 is 1.35 bits per heavy atom. The number of carbonyl (C=O) groups excluding carboxylic acids is 8. The molecule has 0 saturated carbocycles. The summed E-state index contributed by atoms with van der Waals surface area (Å²) in [6, 6.07) is 0. The normalized spacial score (nSPS) is 30.3. The van der Waals surface area contributed by atoms with E-state index in [9.17, 15) is 74.1 Å². The molecular formula is C44H43CoN4O16-9. The van der Waals surface area contributed by atoms with Crippen molar-refractivity contribution in [2.45, 2.75) is 123 Å². The summed E-state index contributed by atoms with van der Waals surface area (Å²) in [6.45, 7) is 6.09. The zero-order valence-electron chi connectivity index (χ0n) is 35.7. The number of carbonyl (C=O) groups is 8. The Morgan fingerprint density at radius 1 is 0.754 bits per heavy atom. The SMILES string of the molecule is CC1OC(=O)C[C@@]2(C)[C@H](CCC(=O)[O-])/C3=C/C4=NC(=C\c5[n-]c(c(CCC(=O)[O-])c5CC(=O)[O-])CC5=NC(=C(CC(=O)[O-])[C@@]5(C)CCC(=O)[O-])C12[N-]3)/[C@@H](CCC(=O)[O-])[C@]4(C)CC(=O)[O-].[Co]. The van der Waals surface area contributed by atoms with Gasteiger partial charge in [-0.2, -0.15) is 11.4 Å². The average Bonchev–Trinajstić information content (AvgIpc) is 3.78. The molecule has 2 saturated heterocycles. The van der Waals surface area contributed by atoms with E-state index in [2.05, 4.69) is 0 Å². The zero-order chi connectivity index (χ0) is 47.3. The molecule has 6 heterocycles. The monoisotopic (exact) mass is 942 g/mol. The van der Waals surface area contributed by atoms with Crippen LogP contribution in [0.15, 0.2) is 38.7 Å². The number of esters is 1. The van der Waals surface area contributed by atoms with Crippen LogP contribution in [-0.4, -0.2) is 70.8 Å². The van der Waals surface area contributed by atoms with Gasteiger partial charge in [-0.3, -0.25) is 14.8 Å². The fraction of sp³-hybridized carbons (Fsp3) is 0.545. The molecule has 1 spiro atoms. The second-order valence-electron chi connectivity index (χ2n) is 17.8. The average molecular weight is 943 g/mol. The van der Waals surface area contributed by atoms with Crippen LogP contribution in [-0.2, 0) is 79.1 Å². The number of hydrogen-bond donors (Lipinski definition) is 0. The summed E-state index contributed by atoms with van der Waals surface area (Å²) in [5.41, 5.74) is -6.68. The first-order valence-corrected chi connectivity index (χ1v) is 20.7. The standard InChI is InChI=1S/C44H51N4O16.Co/c1-20-44-40-25(14-37(59)60)41(2,12-11-35(55)56)30(47-40)16-27-21(5-8-32(49)50)22(13-36(57)58)26(45-27)15-28-23(6-9-33(51)52)42(3,18-38(61)62)31(46-28)17-29(48-44)24(7-10-34(53)54)43(44,4)19-39(63)64-20;/h15,17,20,23-24H,5-14,16,18-19H2,1-4H3,(H8,46,48,49,50,51,52,53,54,55,56,57,58,59,60,61,62);/q-1;/p-8/b28-15-;/t20?,23-,24-,41-,42+,43+,44?;/m1./s1. The molecule has 7 atom stereocenters. The van der Waals surface area contributed by atoms with E-state index in [1.165, 1.54) is 32.9 Å². The first-order chi connectivity index (χ1) is 29.9. The quantitative estimate of drug-likeness (QED) is 0.125. The van der Waals surface area contributed by atoms with Crippen LogP contribution in [0.2, 0.25) is 0 Å². The predicted molar refractivity (Wildman–Crippen MR) is 203 cm³/mol. The second kappa shape index (κ2) is 18.4. The van der Waals surface area contributed by atoms with Crippen molar-refractivity contribution in [3.05, 3.63) is 56.6 Å². The van der Waals surface area contributed by atoms with Gasteiger partial charge in [-0.1, -0.05) is 44.1 Å². The van der Waals surface area contributed by atoms with Gasteiger partial charge in [-0.25, -0.2) is 0 Å². The maximum atomic E-state index is 13.6. The van der Waals surface area contributed by atoms with Gasteiger partial charge in [0.15, 0.2) is 0 Å². The van der Waals surface area contributed by atoms with Gasteiger partial charge in [0.05, 0.1) is 12.5 Å².